The van der Waals surface area contributed by atoms with Crippen molar-refractivity contribution in [2.45, 2.75) is 146 Å². The van der Waals surface area contributed by atoms with Crippen LogP contribution in [0.25, 0.3) is 0 Å². The fourth-order valence-electron chi connectivity index (χ4n) is 13.4. The number of carbonyl (C=O) groups is 5. The first-order valence-electron chi connectivity index (χ1n) is 20.9. The van der Waals surface area contributed by atoms with Gasteiger partial charge in [0.1, 0.15) is 6.10 Å². The average molecular weight is 759 g/mol. The number of nitrogens with zero attached hydrogens (tertiary/aromatic N) is 1. The minimum atomic E-state index is -1.18. The van der Waals surface area contributed by atoms with E-state index in [0.717, 1.165) is 62.5 Å². The number of hydrogen-bond acceptors (Lipinski definition) is 6. The molecular formula is C46H66N2O7. The van der Waals surface area contributed by atoms with Crippen LogP contribution < -0.4 is 5.73 Å². The number of benzene rings is 1. The summed E-state index contributed by atoms with van der Waals surface area (Å²) in [6, 6.07) is 9.67. The molecule has 0 bridgehead atoms. The molecular weight excluding hydrogens is 693 g/mol. The Morgan fingerprint density at radius 2 is 1.58 bits per heavy atom. The van der Waals surface area contributed by atoms with Gasteiger partial charge in [0.05, 0.1) is 11.8 Å². The van der Waals surface area contributed by atoms with Crippen LogP contribution in [0, 0.1) is 56.2 Å². The standard InChI is InChI=1S/C46H66N2O7/c1-28(2)36-31(49)25-46(23-24-48(39(52)38(47)51)27-29-13-11-10-12-14-29)22-21-44(8)30(37(36)46)15-16-33-43(7)19-18-34(55-35(50)26-41(3,4)40(53)54)42(5,6)32(43)17-20-45(33,44)9/h10-14,28,30,32-34H,15-27H2,1-9H3,(H2,47,51)(H,53,54)/t30-,32+,33-,34+,43+,44-,45-,46-/m1/s1. The number of ketones is 1. The van der Waals surface area contributed by atoms with Gasteiger partial charge in [-0.25, -0.2) is 0 Å². The van der Waals surface area contributed by atoms with Crippen LogP contribution in [0.4, 0.5) is 0 Å². The summed E-state index contributed by atoms with van der Waals surface area (Å²) < 4.78 is 6.17. The Hall–Kier alpha value is -3.49. The number of fused-ring (bicyclic) bond motifs is 7. The predicted molar refractivity (Wildman–Crippen MR) is 211 cm³/mol. The highest BCUT2D eigenvalue weighted by atomic mass is 16.5. The number of amides is 2. The molecule has 1 aromatic rings. The average Bonchev–Trinajstić information content (AvgIpc) is 3.40. The van der Waals surface area contributed by atoms with Gasteiger partial charge in [0, 0.05) is 30.3 Å². The van der Waals surface area contributed by atoms with Crippen molar-refractivity contribution in [1.29, 1.82) is 0 Å². The highest BCUT2D eigenvalue weighted by Gasteiger charge is 2.70. The molecule has 3 N–H and O–H groups in total. The number of ether oxygens (including phenoxy) is 1. The molecule has 0 aliphatic heterocycles. The maximum absolute atomic E-state index is 14.2. The number of carboxylic acids is 1. The lowest BCUT2D eigenvalue weighted by atomic mass is 9.33. The van der Waals surface area contributed by atoms with Crippen LogP contribution in [0.3, 0.4) is 0 Å². The molecule has 9 nitrogen and oxygen atoms in total. The van der Waals surface area contributed by atoms with E-state index in [1.165, 1.54) is 5.57 Å². The van der Waals surface area contributed by atoms with Crippen LogP contribution in [0.15, 0.2) is 41.5 Å². The lowest BCUT2D eigenvalue weighted by molar-refractivity contribution is -0.233. The number of nitrogens with two attached hydrogens (primary N) is 1. The van der Waals surface area contributed by atoms with E-state index < -0.39 is 29.2 Å². The first-order valence-corrected chi connectivity index (χ1v) is 20.9. The molecule has 2 amide bonds. The molecule has 0 spiro atoms. The maximum atomic E-state index is 14.2. The Morgan fingerprint density at radius 3 is 2.20 bits per heavy atom. The zero-order chi connectivity index (χ0) is 40.5. The van der Waals surface area contributed by atoms with E-state index in [0.29, 0.717) is 37.8 Å². The molecule has 6 rings (SSSR count). The van der Waals surface area contributed by atoms with Gasteiger partial charge in [-0.1, -0.05) is 84.4 Å². The molecule has 0 aromatic heterocycles. The van der Waals surface area contributed by atoms with Gasteiger partial charge in [-0.05, 0) is 123 Å². The maximum Gasteiger partial charge on any atom is 0.311 e. The first kappa shape index (κ1) is 41.2. The van der Waals surface area contributed by atoms with Crippen molar-refractivity contribution in [3.63, 3.8) is 0 Å². The van der Waals surface area contributed by atoms with Crippen LogP contribution in [0.1, 0.15) is 139 Å². The van der Waals surface area contributed by atoms with E-state index in [-0.39, 0.29) is 57.2 Å². The molecule has 302 valence electrons. The molecule has 8 atom stereocenters. The molecule has 4 saturated carbocycles. The quantitative estimate of drug-likeness (QED) is 0.181. The molecule has 0 saturated heterocycles. The Morgan fingerprint density at radius 1 is 0.909 bits per heavy atom. The number of esters is 1. The lowest BCUT2D eigenvalue weighted by Gasteiger charge is -2.72. The number of carboxylic acid groups (broad SMARTS) is 1. The Kier molecular flexibility index (Phi) is 10.6. The van der Waals surface area contributed by atoms with Gasteiger partial charge in [0.25, 0.3) is 0 Å². The van der Waals surface area contributed by atoms with Gasteiger partial charge < -0.3 is 20.5 Å². The summed E-state index contributed by atoms with van der Waals surface area (Å²) in [4.78, 5) is 66.0. The van der Waals surface area contributed by atoms with Crippen molar-refractivity contribution in [2.75, 3.05) is 6.54 Å². The second-order valence-electron chi connectivity index (χ2n) is 20.5. The van der Waals surface area contributed by atoms with E-state index in [9.17, 15) is 29.1 Å². The van der Waals surface area contributed by atoms with Crippen LogP contribution in [0.2, 0.25) is 0 Å². The molecule has 5 aliphatic carbocycles. The smallest absolute Gasteiger partial charge is 0.311 e. The van der Waals surface area contributed by atoms with Crippen molar-refractivity contribution in [2.24, 2.45) is 61.9 Å². The normalized spacial score (nSPS) is 35.3. The molecule has 5 aliphatic rings. The van der Waals surface area contributed by atoms with Crippen LogP contribution in [-0.4, -0.2) is 52.2 Å². The van der Waals surface area contributed by atoms with Crippen LogP contribution >= 0.6 is 0 Å². The van der Waals surface area contributed by atoms with Gasteiger partial charge in [-0.2, -0.15) is 0 Å². The summed E-state index contributed by atoms with van der Waals surface area (Å²) >= 11 is 0. The van der Waals surface area contributed by atoms with Crippen molar-refractivity contribution < 1.29 is 33.8 Å². The number of carbonyl (C=O) groups excluding carboxylic acids is 4. The summed E-state index contributed by atoms with van der Waals surface area (Å²) in [5.74, 6) is -1.68. The predicted octanol–water partition coefficient (Wildman–Crippen LogP) is 8.28. The van der Waals surface area contributed by atoms with Gasteiger partial charge >= 0.3 is 23.8 Å². The molecule has 1 aromatic carbocycles. The van der Waals surface area contributed by atoms with E-state index >= 15 is 0 Å². The van der Waals surface area contributed by atoms with Crippen molar-refractivity contribution >= 4 is 29.5 Å². The molecule has 0 heterocycles. The summed E-state index contributed by atoms with van der Waals surface area (Å²) in [6.07, 6.45) is 8.42. The number of primary amides is 1. The number of allylic oxidation sites excluding steroid dienone is 2. The van der Waals surface area contributed by atoms with Crippen molar-refractivity contribution in [3.8, 4) is 0 Å². The summed E-state index contributed by atoms with van der Waals surface area (Å²) in [6.45, 7) is 20.2. The number of rotatable bonds is 10. The van der Waals surface area contributed by atoms with Gasteiger partial charge in [-0.3, -0.25) is 24.0 Å². The van der Waals surface area contributed by atoms with Crippen LogP contribution in [-0.2, 0) is 35.3 Å². The Balaban J connectivity index is 1.28. The fourth-order valence-corrected chi connectivity index (χ4v) is 13.4. The zero-order valence-corrected chi connectivity index (χ0v) is 34.9. The monoisotopic (exact) mass is 758 g/mol. The molecule has 0 radical (unpaired) electrons. The zero-order valence-electron chi connectivity index (χ0n) is 34.9. The highest BCUT2D eigenvalue weighted by Crippen LogP contribution is 2.77. The van der Waals surface area contributed by atoms with Gasteiger partial charge in [-0.15, -0.1) is 0 Å². The topological polar surface area (TPSA) is 144 Å². The molecule has 9 heteroatoms. The third-order valence-electron chi connectivity index (χ3n) is 16.5. The molecule has 55 heavy (non-hydrogen) atoms. The largest absolute Gasteiger partial charge is 0.481 e. The number of Topliss-reactive ketones (excluding diaryl/α,β-unsaturated/α-hetero) is 1. The second-order valence-corrected chi connectivity index (χ2v) is 20.5. The third-order valence-corrected chi connectivity index (χ3v) is 16.5. The second kappa shape index (κ2) is 14.2. The lowest BCUT2D eigenvalue weighted by Crippen LogP contribution is -2.65. The Bertz CT molecular complexity index is 1760. The third kappa shape index (κ3) is 6.67. The Labute approximate surface area is 328 Å². The number of hydrogen-bond donors (Lipinski definition) is 2. The molecule has 4 fully saturated rings. The fraction of sp³-hybridized carbons (Fsp3) is 0.717. The van der Waals surface area contributed by atoms with E-state index in [1.54, 1.807) is 18.7 Å². The summed E-state index contributed by atoms with van der Waals surface area (Å²) in [5, 5.41) is 9.62. The summed E-state index contributed by atoms with van der Waals surface area (Å²) in [7, 11) is 0. The van der Waals surface area contributed by atoms with E-state index in [2.05, 4.69) is 48.5 Å². The van der Waals surface area contributed by atoms with Crippen molar-refractivity contribution in [3.05, 3.63) is 47.0 Å². The van der Waals surface area contributed by atoms with E-state index in [1.807, 2.05) is 30.3 Å². The highest BCUT2D eigenvalue weighted by molar-refractivity contribution is 6.34. The minimum absolute atomic E-state index is 0.0282. The van der Waals surface area contributed by atoms with Gasteiger partial charge in [0.2, 0.25) is 0 Å². The minimum Gasteiger partial charge on any atom is -0.481 e. The summed E-state index contributed by atoms with van der Waals surface area (Å²) in [5.41, 5.74) is 7.09. The SMILES string of the molecule is CC(C)C1=C2[C@H]3CC[C@@H]4[C@@]5(C)CC[C@H](OC(=O)CC(C)(C)C(=O)O)C(C)(C)[C@@H]5CC[C@@]4(C)[C@]3(C)CC[C@@]2(CCN(Cc2ccccc2)C(=O)C(N)=O)CC1=O. The molecule has 0 unspecified atom stereocenters. The van der Waals surface area contributed by atoms with Crippen molar-refractivity contribution in [1.82, 2.24) is 4.90 Å². The first-order chi connectivity index (χ1) is 25.5. The van der Waals surface area contributed by atoms with Crippen LogP contribution in [0.5, 0.6) is 0 Å². The van der Waals surface area contributed by atoms with E-state index in [4.69, 9.17) is 10.5 Å². The number of aliphatic carboxylic acids is 1. The van der Waals surface area contributed by atoms with Gasteiger partial charge in [0.15, 0.2) is 5.78 Å².